The van der Waals surface area contributed by atoms with Crippen LogP contribution in [0.1, 0.15) is 34.7 Å². The van der Waals surface area contributed by atoms with E-state index in [4.69, 9.17) is 4.98 Å². The number of fused-ring (bicyclic) bond motifs is 1. The van der Waals surface area contributed by atoms with Crippen LogP contribution in [0.15, 0.2) is 67.8 Å². The Morgan fingerprint density at radius 1 is 1.03 bits per heavy atom. The van der Waals surface area contributed by atoms with Gasteiger partial charge in [-0.2, -0.15) is 0 Å². The van der Waals surface area contributed by atoms with Crippen LogP contribution in [0.5, 0.6) is 0 Å². The summed E-state index contributed by atoms with van der Waals surface area (Å²) in [5.41, 5.74) is 9.16. The van der Waals surface area contributed by atoms with Gasteiger partial charge in [0.05, 0.1) is 11.7 Å². The average molecular weight is 507 g/mol. The lowest BCUT2D eigenvalue weighted by atomic mass is 9.97. The molecule has 6 rings (SSSR count). The Morgan fingerprint density at radius 3 is 2.65 bits per heavy atom. The average Bonchev–Trinajstić information content (AvgIpc) is 3.69. The fourth-order valence-electron chi connectivity index (χ4n) is 5.09. The van der Waals surface area contributed by atoms with Gasteiger partial charge in [-0.3, -0.25) is 14.9 Å². The van der Waals surface area contributed by atoms with Crippen molar-refractivity contribution in [2.75, 3.05) is 25.5 Å². The summed E-state index contributed by atoms with van der Waals surface area (Å²) in [6.07, 6.45) is 10.2. The quantitative estimate of drug-likeness (QED) is 0.255. The summed E-state index contributed by atoms with van der Waals surface area (Å²) < 4.78 is 0. The van der Waals surface area contributed by atoms with Crippen LogP contribution in [0.2, 0.25) is 0 Å². The number of pyridine rings is 2. The molecule has 1 aliphatic heterocycles. The molecule has 0 saturated carbocycles. The predicted molar refractivity (Wildman–Crippen MR) is 154 cm³/mol. The minimum atomic E-state index is 0.743. The van der Waals surface area contributed by atoms with E-state index >= 15 is 0 Å². The minimum Gasteiger partial charge on any atom is -0.388 e. The second kappa shape index (κ2) is 9.92. The smallest absolute Gasteiger partial charge is 0.138 e. The number of rotatable bonds is 7. The molecule has 0 unspecified atom stereocenters. The number of hydrogen-bond donors (Lipinski definition) is 2. The van der Waals surface area contributed by atoms with E-state index in [1.54, 1.807) is 11.3 Å². The van der Waals surface area contributed by atoms with Crippen LogP contribution in [0.4, 0.5) is 5.69 Å². The van der Waals surface area contributed by atoms with Gasteiger partial charge >= 0.3 is 0 Å². The first kappa shape index (κ1) is 23.6. The van der Waals surface area contributed by atoms with Crippen molar-refractivity contribution >= 4 is 33.6 Å². The first-order valence-corrected chi connectivity index (χ1v) is 13.5. The van der Waals surface area contributed by atoms with Gasteiger partial charge < -0.3 is 10.3 Å². The Labute approximate surface area is 221 Å². The van der Waals surface area contributed by atoms with Gasteiger partial charge in [0, 0.05) is 69.9 Å². The van der Waals surface area contributed by atoms with Crippen molar-refractivity contribution in [2.24, 2.45) is 0 Å². The molecule has 4 aromatic heterocycles. The van der Waals surface area contributed by atoms with Crippen molar-refractivity contribution in [3.8, 4) is 21.6 Å². The van der Waals surface area contributed by atoms with Gasteiger partial charge in [0.1, 0.15) is 11.3 Å². The molecule has 6 nitrogen and oxygen atoms in total. The fourth-order valence-corrected chi connectivity index (χ4v) is 5.96. The number of H-pyrrole nitrogens is 1. The summed E-state index contributed by atoms with van der Waals surface area (Å²) in [5, 5.41) is 3.32. The van der Waals surface area contributed by atoms with Crippen LogP contribution in [0.25, 0.3) is 38.2 Å². The third-order valence-electron chi connectivity index (χ3n) is 7.03. The molecule has 7 heteroatoms. The van der Waals surface area contributed by atoms with Gasteiger partial charge in [-0.05, 0) is 74.3 Å². The molecule has 5 aromatic rings. The van der Waals surface area contributed by atoms with Crippen molar-refractivity contribution in [2.45, 2.75) is 26.3 Å². The van der Waals surface area contributed by atoms with Crippen molar-refractivity contribution < 1.29 is 0 Å². The van der Waals surface area contributed by atoms with E-state index in [2.05, 4.69) is 75.1 Å². The highest BCUT2D eigenvalue weighted by atomic mass is 32.1. The van der Waals surface area contributed by atoms with Gasteiger partial charge in [-0.25, -0.2) is 4.98 Å². The monoisotopic (exact) mass is 506 g/mol. The number of hydrogen-bond acceptors (Lipinski definition) is 6. The van der Waals surface area contributed by atoms with Crippen LogP contribution >= 0.6 is 11.3 Å². The molecule has 0 aliphatic carbocycles. The molecule has 37 heavy (non-hydrogen) atoms. The molecular weight excluding hydrogens is 476 g/mol. The first-order valence-electron chi connectivity index (χ1n) is 12.7. The minimum absolute atomic E-state index is 0.743. The predicted octanol–water partition coefficient (Wildman–Crippen LogP) is 6.76. The normalized spacial score (nSPS) is 13.9. The van der Waals surface area contributed by atoms with Crippen LogP contribution < -0.4 is 5.32 Å². The van der Waals surface area contributed by atoms with Crippen molar-refractivity contribution in [3.05, 3.63) is 89.6 Å². The molecule has 186 valence electrons. The summed E-state index contributed by atoms with van der Waals surface area (Å²) in [5.74, 6) is 0.743. The number of likely N-dealkylation sites (tertiary alicyclic amines) is 1. The third kappa shape index (κ3) is 4.68. The zero-order chi connectivity index (χ0) is 25.4. The van der Waals surface area contributed by atoms with Gasteiger partial charge in [0.25, 0.3) is 0 Å². The number of nitrogens with zero attached hydrogens (tertiary/aromatic N) is 4. The van der Waals surface area contributed by atoms with Gasteiger partial charge in [0.2, 0.25) is 0 Å². The van der Waals surface area contributed by atoms with Crippen LogP contribution in [-0.2, 0) is 6.54 Å². The number of aryl methyl sites for hydroxylation is 1. The summed E-state index contributed by atoms with van der Waals surface area (Å²) in [6, 6.07) is 12.9. The summed E-state index contributed by atoms with van der Waals surface area (Å²) in [4.78, 5) is 22.4. The molecule has 1 aromatic carbocycles. The zero-order valence-electron chi connectivity index (χ0n) is 21.2. The second-order valence-corrected chi connectivity index (χ2v) is 10.9. The molecule has 5 heterocycles. The lowest BCUT2D eigenvalue weighted by Crippen LogP contribution is -2.18. The number of nitrogens with one attached hydrogen (secondary N) is 2. The summed E-state index contributed by atoms with van der Waals surface area (Å²) in [6.45, 7) is 9.86. The van der Waals surface area contributed by atoms with Gasteiger partial charge in [-0.1, -0.05) is 12.6 Å². The number of benzene rings is 1. The Balaban J connectivity index is 1.35. The lowest BCUT2D eigenvalue weighted by molar-refractivity contribution is 0.331. The van der Waals surface area contributed by atoms with Gasteiger partial charge in [-0.15, -0.1) is 11.3 Å². The Morgan fingerprint density at radius 2 is 1.86 bits per heavy atom. The molecule has 0 radical (unpaired) electrons. The zero-order valence-corrected chi connectivity index (χ0v) is 22.0. The largest absolute Gasteiger partial charge is 0.388 e. The number of aromatic amines is 1. The fraction of sp³-hybridized carbons (Fsp3) is 0.233. The molecular formula is C30H30N6S. The summed E-state index contributed by atoms with van der Waals surface area (Å²) >= 11 is 1.75. The van der Waals surface area contributed by atoms with E-state index in [9.17, 15) is 0 Å². The van der Waals surface area contributed by atoms with E-state index < -0.39 is 0 Å². The molecule has 2 N–H and O–H groups in total. The molecule has 0 bridgehead atoms. The van der Waals surface area contributed by atoms with Crippen molar-refractivity contribution in [1.29, 1.82) is 0 Å². The number of thiophene rings is 1. The lowest BCUT2D eigenvalue weighted by Gasteiger charge is -2.16. The molecule has 0 spiro atoms. The number of imidazole rings is 1. The highest BCUT2D eigenvalue weighted by Crippen LogP contribution is 2.35. The Kier molecular flexibility index (Phi) is 6.32. The molecule has 1 saturated heterocycles. The van der Waals surface area contributed by atoms with Crippen molar-refractivity contribution in [3.63, 3.8) is 0 Å². The highest BCUT2D eigenvalue weighted by Gasteiger charge is 2.17. The molecule has 1 fully saturated rings. The maximum atomic E-state index is 4.99. The highest BCUT2D eigenvalue weighted by molar-refractivity contribution is 7.15. The van der Waals surface area contributed by atoms with E-state index in [0.717, 1.165) is 56.9 Å². The number of anilines is 1. The molecule has 0 atom stereocenters. The Bertz CT molecular complexity index is 1590. The van der Waals surface area contributed by atoms with Crippen LogP contribution in [0.3, 0.4) is 0 Å². The molecule has 0 amide bonds. The second-order valence-electron chi connectivity index (χ2n) is 9.63. The standard InChI is InChI=1S/C30H30N6S/c1-19-6-9-28(37-19)25-16-33-17-27-29(25)35-30(34-27)20(2)24-13-22(7-8-26(24)31-3)23-12-21(14-32-15-23)18-36-10-4-5-11-36/h6-9,12-17,31H,2,4-5,10-11,18H2,1,3H3,(H,34,35). The van der Waals surface area contributed by atoms with Crippen LogP contribution in [0, 0.1) is 6.92 Å². The van der Waals surface area contributed by atoms with Crippen LogP contribution in [-0.4, -0.2) is 45.0 Å². The number of aromatic nitrogens is 4. The maximum Gasteiger partial charge on any atom is 0.138 e. The topological polar surface area (TPSA) is 69.7 Å². The van der Waals surface area contributed by atoms with E-state index in [1.807, 2.05) is 31.8 Å². The summed E-state index contributed by atoms with van der Waals surface area (Å²) in [7, 11) is 1.93. The van der Waals surface area contributed by atoms with E-state index in [0.29, 0.717) is 0 Å². The third-order valence-corrected chi connectivity index (χ3v) is 8.07. The van der Waals surface area contributed by atoms with Crippen molar-refractivity contribution in [1.82, 2.24) is 24.8 Å². The SMILES string of the molecule is C=C(c1nc2c(-c3ccc(C)s3)cncc2[nH]1)c1cc(-c2cncc(CN3CCCC3)c2)ccc1NC. The van der Waals surface area contributed by atoms with E-state index in [1.165, 1.54) is 41.2 Å². The first-order chi connectivity index (χ1) is 18.1. The van der Waals surface area contributed by atoms with E-state index in [-0.39, 0.29) is 0 Å². The maximum absolute atomic E-state index is 4.99. The molecule has 1 aliphatic rings. The van der Waals surface area contributed by atoms with Gasteiger partial charge in [0.15, 0.2) is 0 Å². The Hall–Kier alpha value is -3.81.